The Labute approximate surface area is 78.3 Å². The van der Waals surface area contributed by atoms with Crippen molar-refractivity contribution in [2.24, 2.45) is 0 Å². The molecule has 0 saturated heterocycles. The molecule has 0 aliphatic carbocycles. The van der Waals surface area contributed by atoms with Crippen molar-refractivity contribution in [3.05, 3.63) is 28.2 Å². The summed E-state index contributed by atoms with van der Waals surface area (Å²) in [6.07, 6.45) is 0. The molecule has 0 radical (unpaired) electrons. The summed E-state index contributed by atoms with van der Waals surface area (Å²) in [6, 6.07) is 5.60. The fourth-order valence-electron chi connectivity index (χ4n) is 1.17. The van der Waals surface area contributed by atoms with Crippen LogP contribution in [0, 0.1) is 0 Å². The monoisotopic (exact) mass is 226 g/mol. The minimum Gasteiger partial charge on any atom is -0.367 e. The van der Waals surface area contributed by atoms with E-state index in [-0.39, 0.29) is 5.91 Å². The first-order valence-corrected chi connectivity index (χ1v) is 4.38. The normalized spacial score (nSPS) is 14.6. The number of halogens is 1. The second-order valence-electron chi connectivity index (χ2n) is 2.55. The van der Waals surface area contributed by atoms with Gasteiger partial charge < -0.3 is 10.6 Å². The number of carbonyl (C=O) groups excluding carboxylic acids is 1. The lowest BCUT2D eigenvalue weighted by Crippen LogP contribution is -2.34. The number of carbonyl (C=O) groups is 1. The van der Waals surface area contributed by atoms with Gasteiger partial charge in [0.05, 0.1) is 12.2 Å². The first kappa shape index (κ1) is 7.61. The third kappa shape index (κ3) is 1.18. The Balaban J connectivity index is 2.54. The Morgan fingerprint density at radius 2 is 2.17 bits per heavy atom. The van der Waals surface area contributed by atoms with Gasteiger partial charge in [0.15, 0.2) is 0 Å². The van der Waals surface area contributed by atoms with E-state index in [1.54, 1.807) is 6.07 Å². The fraction of sp³-hybridized carbons (Fsp3) is 0.125. The SMILES string of the molecule is O=C1NCNc2ccc(Br)cc21. The van der Waals surface area contributed by atoms with Crippen molar-refractivity contribution >= 4 is 27.5 Å². The average molecular weight is 227 g/mol. The van der Waals surface area contributed by atoms with Crippen molar-refractivity contribution in [1.29, 1.82) is 0 Å². The lowest BCUT2D eigenvalue weighted by Gasteiger charge is -2.18. The molecule has 1 aliphatic heterocycles. The summed E-state index contributed by atoms with van der Waals surface area (Å²) in [5.41, 5.74) is 1.58. The number of amides is 1. The molecule has 2 N–H and O–H groups in total. The number of nitrogens with one attached hydrogen (secondary N) is 2. The summed E-state index contributed by atoms with van der Waals surface area (Å²) in [4.78, 5) is 11.3. The Bertz CT molecular complexity index is 338. The Hall–Kier alpha value is -1.03. The van der Waals surface area contributed by atoms with Crippen LogP contribution in [-0.2, 0) is 0 Å². The standard InChI is InChI=1S/C8H7BrN2O/c9-5-1-2-7-6(3-5)8(12)11-4-10-7/h1-3,10H,4H2,(H,11,12). The van der Waals surface area contributed by atoms with Gasteiger partial charge in [0.1, 0.15) is 0 Å². The highest BCUT2D eigenvalue weighted by Crippen LogP contribution is 2.22. The second kappa shape index (κ2) is 2.79. The maximum absolute atomic E-state index is 11.3. The van der Waals surface area contributed by atoms with E-state index in [9.17, 15) is 4.79 Å². The Morgan fingerprint density at radius 1 is 1.33 bits per heavy atom. The molecule has 0 saturated carbocycles. The van der Waals surface area contributed by atoms with Gasteiger partial charge in [0, 0.05) is 10.2 Å². The van der Waals surface area contributed by atoms with Gasteiger partial charge in [-0.2, -0.15) is 0 Å². The molecule has 1 aliphatic rings. The van der Waals surface area contributed by atoms with Crippen molar-refractivity contribution in [3.63, 3.8) is 0 Å². The van der Waals surface area contributed by atoms with Crippen LogP contribution in [0.4, 0.5) is 5.69 Å². The number of anilines is 1. The van der Waals surface area contributed by atoms with Crippen LogP contribution in [0.25, 0.3) is 0 Å². The summed E-state index contributed by atoms with van der Waals surface area (Å²) in [7, 11) is 0. The van der Waals surface area contributed by atoms with Gasteiger partial charge in [0.25, 0.3) is 5.91 Å². The predicted octanol–water partition coefficient (Wildman–Crippen LogP) is 1.56. The van der Waals surface area contributed by atoms with Crippen molar-refractivity contribution in [3.8, 4) is 0 Å². The van der Waals surface area contributed by atoms with Crippen LogP contribution in [0.1, 0.15) is 10.4 Å². The molecule has 0 aromatic heterocycles. The highest BCUT2D eigenvalue weighted by molar-refractivity contribution is 9.10. The molecule has 0 spiro atoms. The fourth-order valence-corrected chi connectivity index (χ4v) is 1.53. The third-order valence-electron chi connectivity index (χ3n) is 1.75. The van der Waals surface area contributed by atoms with Crippen LogP contribution in [0.3, 0.4) is 0 Å². The zero-order valence-corrected chi connectivity index (χ0v) is 7.81. The molecule has 62 valence electrons. The average Bonchev–Trinajstić information content (AvgIpc) is 2.07. The van der Waals surface area contributed by atoms with Crippen LogP contribution in [0.5, 0.6) is 0 Å². The van der Waals surface area contributed by atoms with Gasteiger partial charge in [-0.1, -0.05) is 15.9 Å². The highest BCUT2D eigenvalue weighted by atomic mass is 79.9. The Kier molecular flexibility index (Phi) is 1.77. The first-order valence-electron chi connectivity index (χ1n) is 3.59. The maximum atomic E-state index is 11.3. The number of hydrogen-bond donors (Lipinski definition) is 2. The van der Waals surface area contributed by atoms with Crippen LogP contribution in [0.2, 0.25) is 0 Å². The van der Waals surface area contributed by atoms with Gasteiger partial charge >= 0.3 is 0 Å². The molecule has 0 atom stereocenters. The van der Waals surface area contributed by atoms with Crippen LogP contribution in [0.15, 0.2) is 22.7 Å². The van der Waals surface area contributed by atoms with E-state index in [1.807, 2.05) is 12.1 Å². The lowest BCUT2D eigenvalue weighted by atomic mass is 10.1. The molecule has 1 amide bonds. The van der Waals surface area contributed by atoms with Crippen LogP contribution in [-0.4, -0.2) is 12.6 Å². The highest BCUT2D eigenvalue weighted by Gasteiger charge is 2.15. The largest absolute Gasteiger partial charge is 0.367 e. The molecule has 1 heterocycles. The maximum Gasteiger partial charge on any atom is 0.254 e. The van der Waals surface area contributed by atoms with E-state index in [0.29, 0.717) is 12.2 Å². The van der Waals surface area contributed by atoms with Gasteiger partial charge in [-0.15, -0.1) is 0 Å². The lowest BCUT2D eigenvalue weighted by molar-refractivity contribution is 0.0953. The molecule has 3 nitrogen and oxygen atoms in total. The van der Waals surface area contributed by atoms with Crippen molar-refractivity contribution in [2.45, 2.75) is 0 Å². The van der Waals surface area contributed by atoms with Crippen molar-refractivity contribution < 1.29 is 4.79 Å². The molecule has 12 heavy (non-hydrogen) atoms. The van der Waals surface area contributed by atoms with E-state index < -0.39 is 0 Å². The number of benzene rings is 1. The quantitative estimate of drug-likeness (QED) is 0.706. The second-order valence-corrected chi connectivity index (χ2v) is 3.47. The first-order chi connectivity index (χ1) is 5.77. The minimum absolute atomic E-state index is 0.0231. The van der Waals surface area contributed by atoms with Crippen LogP contribution >= 0.6 is 15.9 Å². The van der Waals surface area contributed by atoms with Crippen LogP contribution < -0.4 is 10.6 Å². The van der Waals surface area contributed by atoms with E-state index in [2.05, 4.69) is 26.6 Å². The van der Waals surface area contributed by atoms with E-state index >= 15 is 0 Å². The molecule has 1 aromatic rings. The number of fused-ring (bicyclic) bond motifs is 1. The summed E-state index contributed by atoms with van der Waals surface area (Å²) in [5, 5.41) is 5.76. The van der Waals surface area contributed by atoms with Gasteiger partial charge in [-0.05, 0) is 18.2 Å². The van der Waals surface area contributed by atoms with Gasteiger partial charge in [-0.25, -0.2) is 0 Å². The molecule has 2 rings (SSSR count). The smallest absolute Gasteiger partial charge is 0.254 e. The third-order valence-corrected chi connectivity index (χ3v) is 2.25. The van der Waals surface area contributed by atoms with E-state index in [0.717, 1.165) is 10.2 Å². The van der Waals surface area contributed by atoms with E-state index in [4.69, 9.17) is 0 Å². The molecule has 1 aromatic carbocycles. The topological polar surface area (TPSA) is 41.1 Å². The Morgan fingerprint density at radius 3 is 3.00 bits per heavy atom. The van der Waals surface area contributed by atoms with Gasteiger partial charge in [0.2, 0.25) is 0 Å². The number of hydrogen-bond acceptors (Lipinski definition) is 2. The molecule has 0 unspecified atom stereocenters. The van der Waals surface area contributed by atoms with Gasteiger partial charge in [-0.3, -0.25) is 4.79 Å². The van der Waals surface area contributed by atoms with E-state index in [1.165, 1.54) is 0 Å². The van der Waals surface area contributed by atoms with Crippen molar-refractivity contribution in [1.82, 2.24) is 5.32 Å². The summed E-state index contributed by atoms with van der Waals surface area (Å²) < 4.78 is 0.917. The number of rotatable bonds is 0. The zero-order valence-electron chi connectivity index (χ0n) is 6.23. The summed E-state index contributed by atoms with van der Waals surface area (Å²) in [6.45, 7) is 0.507. The van der Waals surface area contributed by atoms with Crippen molar-refractivity contribution in [2.75, 3.05) is 12.0 Å². The predicted molar refractivity (Wildman–Crippen MR) is 50.1 cm³/mol. The molecular formula is C8H7BrN2O. The zero-order chi connectivity index (χ0) is 8.55. The minimum atomic E-state index is -0.0231. The molecule has 0 bridgehead atoms. The molecular weight excluding hydrogens is 220 g/mol. The summed E-state index contributed by atoms with van der Waals surface area (Å²) in [5.74, 6) is -0.0231. The molecule has 4 heteroatoms. The molecule has 0 fully saturated rings. The summed E-state index contributed by atoms with van der Waals surface area (Å²) >= 11 is 3.31.